The van der Waals surface area contributed by atoms with Gasteiger partial charge in [0.15, 0.2) is 11.6 Å². The van der Waals surface area contributed by atoms with Crippen molar-refractivity contribution < 1.29 is 24.5 Å². The number of aryl methyl sites for hydroxylation is 4. The van der Waals surface area contributed by atoms with Gasteiger partial charge in [0.2, 0.25) is 0 Å². The third kappa shape index (κ3) is 5.32. The number of nitrogens with zero attached hydrogens (tertiary/aromatic N) is 4. The molecule has 1 aliphatic carbocycles. The van der Waals surface area contributed by atoms with Crippen molar-refractivity contribution in [3.8, 4) is 0 Å². The molecule has 1 unspecified atom stereocenters. The van der Waals surface area contributed by atoms with Crippen molar-refractivity contribution in [2.24, 2.45) is 5.92 Å². The highest BCUT2D eigenvalue weighted by molar-refractivity contribution is 5.98. The van der Waals surface area contributed by atoms with Gasteiger partial charge in [-0.1, -0.05) is 38.0 Å². The van der Waals surface area contributed by atoms with Crippen LogP contribution in [0.2, 0.25) is 0 Å². The summed E-state index contributed by atoms with van der Waals surface area (Å²) in [4.78, 5) is 34.4. The van der Waals surface area contributed by atoms with Crippen LogP contribution < -0.4 is 0 Å². The molecule has 0 spiro atoms. The van der Waals surface area contributed by atoms with Crippen molar-refractivity contribution in [1.82, 2.24) is 19.6 Å². The van der Waals surface area contributed by atoms with E-state index in [1.807, 2.05) is 39.0 Å². The van der Waals surface area contributed by atoms with Gasteiger partial charge < -0.3 is 14.9 Å². The molecule has 39 heavy (non-hydrogen) atoms. The zero-order valence-corrected chi connectivity index (χ0v) is 22.9. The van der Waals surface area contributed by atoms with Gasteiger partial charge in [0.25, 0.3) is 5.78 Å². The predicted octanol–water partition coefficient (Wildman–Crippen LogP) is 4.34. The van der Waals surface area contributed by atoms with Crippen molar-refractivity contribution in [3.05, 3.63) is 69.5 Å². The number of carbonyl (C=O) groups is 2. The number of esters is 1. The van der Waals surface area contributed by atoms with Gasteiger partial charge in [-0.15, -0.1) is 5.10 Å². The lowest BCUT2D eigenvalue weighted by atomic mass is 9.76. The number of benzene rings is 1. The van der Waals surface area contributed by atoms with Crippen molar-refractivity contribution in [2.45, 2.75) is 84.2 Å². The molecule has 2 aliphatic rings. The SMILES string of the molecule is CCc1cc(CCC2(C3CCCC3)CC(O)=C(Cc3nc4nc(C)cc(C)n4n3)C(=O)O2)ccc1C(=O)CO. The second-order valence-electron chi connectivity index (χ2n) is 10.9. The lowest BCUT2D eigenvalue weighted by Crippen LogP contribution is -2.46. The van der Waals surface area contributed by atoms with Crippen LogP contribution in [0.15, 0.2) is 35.6 Å². The van der Waals surface area contributed by atoms with Crippen LogP contribution in [0.5, 0.6) is 0 Å². The number of aliphatic hydroxyl groups excluding tert-OH is 2. The summed E-state index contributed by atoms with van der Waals surface area (Å²) in [6.45, 7) is 5.28. The molecule has 5 rings (SSSR count). The van der Waals surface area contributed by atoms with E-state index in [1.165, 1.54) is 0 Å². The molecule has 1 saturated carbocycles. The summed E-state index contributed by atoms with van der Waals surface area (Å²) in [5, 5.41) is 25.0. The quantitative estimate of drug-likeness (QED) is 0.308. The number of hydrogen-bond donors (Lipinski definition) is 2. The molecule has 9 heteroatoms. The number of carbonyl (C=O) groups excluding carboxylic acids is 2. The first-order chi connectivity index (χ1) is 18.7. The van der Waals surface area contributed by atoms with E-state index in [-0.39, 0.29) is 35.9 Å². The summed E-state index contributed by atoms with van der Waals surface area (Å²) in [5.41, 5.74) is 3.62. The number of aliphatic hydroxyl groups is 2. The van der Waals surface area contributed by atoms with Crippen molar-refractivity contribution in [1.29, 1.82) is 0 Å². The van der Waals surface area contributed by atoms with Crippen LogP contribution in [0.1, 0.15) is 84.1 Å². The van der Waals surface area contributed by atoms with E-state index in [0.29, 0.717) is 36.4 Å². The van der Waals surface area contributed by atoms with Gasteiger partial charge >= 0.3 is 5.97 Å². The molecule has 2 N–H and O–H groups in total. The van der Waals surface area contributed by atoms with E-state index in [2.05, 4.69) is 15.1 Å². The van der Waals surface area contributed by atoms with E-state index >= 15 is 0 Å². The maximum atomic E-state index is 13.4. The van der Waals surface area contributed by atoms with Crippen LogP contribution in [0.25, 0.3) is 5.78 Å². The molecule has 1 aromatic carbocycles. The Hall–Kier alpha value is -3.59. The van der Waals surface area contributed by atoms with Crippen LogP contribution in [0.4, 0.5) is 0 Å². The predicted molar refractivity (Wildman–Crippen MR) is 145 cm³/mol. The number of fused-ring (bicyclic) bond motifs is 1. The smallest absolute Gasteiger partial charge is 0.338 e. The lowest BCUT2D eigenvalue weighted by molar-refractivity contribution is -0.167. The van der Waals surface area contributed by atoms with Gasteiger partial charge in [-0.2, -0.15) is 4.98 Å². The molecule has 0 bridgehead atoms. The van der Waals surface area contributed by atoms with Gasteiger partial charge in [0, 0.05) is 29.8 Å². The van der Waals surface area contributed by atoms with Crippen LogP contribution in [0, 0.1) is 19.8 Å². The van der Waals surface area contributed by atoms with Crippen molar-refractivity contribution in [3.63, 3.8) is 0 Å². The van der Waals surface area contributed by atoms with Crippen molar-refractivity contribution in [2.75, 3.05) is 6.61 Å². The Morgan fingerprint density at radius 2 is 1.95 bits per heavy atom. The molecule has 0 amide bonds. The minimum absolute atomic E-state index is 0.0519. The minimum Gasteiger partial charge on any atom is -0.512 e. The summed E-state index contributed by atoms with van der Waals surface area (Å²) in [6, 6.07) is 7.60. The second-order valence-corrected chi connectivity index (χ2v) is 10.9. The van der Waals surface area contributed by atoms with E-state index in [0.717, 1.165) is 48.2 Å². The Labute approximate surface area is 227 Å². The standard InChI is InChI=1S/C30H36N4O5/c1-4-21-14-20(9-10-23(21)26(37)17-35)11-12-30(22-7-5-6-8-22)16-25(36)24(28(38)39-30)15-27-32-29-31-18(2)13-19(3)34(29)33-27/h9-10,13-14,22,35-36H,4-8,11-12,15-17H2,1-3H3. The molecular formula is C30H36N4O5. The van der Waals surface area contributed by atoms with Gasteiger partial charge in [0.1, 0.15) is 18.0 Å². The highest BCUT2D eigenvalue weighted by Gasteiger charge is 2.48. The summed E-state index contributed by atoms with van der Waals surface area (Å²) in [6.07, 6.45) is 6.31. The fourth-order valence-electron chi connectivity index (χ4n) is 6.24. The van der Waals surface area contributed by atoms with Crippen LogP contribution in [0.3, 0.4) is 0 Å². The fourth-order valence-corrected chi connectivity index (χ4v) is 6.24. The number of rotatable bonds is 9. The zero-order chi connectivity index (χ0) is 27.7. The number of cyclic esters (lactones) is 1. The molecule has 206 valence electrons. The second kappa shape index (κ2) is 10.9. The third-order valence-corrected chi connectivity index (χ3v) is 8.29. The number of hydrogen-bond acceptors (Lipinski definition) is 8. The van der Waals surface area contributed by atoms with Gasteiger partial charge in [-0.25, -0.2) is 14.3 Å². The largest absolute Gasteiger partial charge is 0.512 e. The monoisotopic (exact) mass is 532 g/mol. The molecule has 1 atom stereocenters. The molecule has 3 heterocycles. The average Bonchev–Trinajstić information content (AvgIpc) is 3.60. The Kier molecular flexibility index (Phi) is 7.53. The molecule has 3 aromatic rings. The molecule has 0 saturated heterocycles. The lowest BCUT2D eigenvalue weighted by Gasteiger charge is -2.41. The molecule has 1 aliphatic heterocycles. The van der Waals surface area contributed by atoms with E-state index in [4.69, 9.17) is 4.74 Å². The number of ketones is 1. The summed E-state index contributed by atoms with van der Waals surface area (Å²) >= 11 is 0. The first-order valence-corrected chi connectivity index (χ1v) is 13.8. The first kappa shape index (κ1) is 27.0. The normalized spacial score (nSPS) is 20.2. The number of aromatic nitrogens is 4. The molecule has 9 nitrogen and oxygen atoms in total. The highest BCUT2D eigenvalue weighted by atomic mass is 16.6. The van der Waals surface area contributed by atoms with E-state index in [9.17, 15) is 19.8 Å². The van der Waals surface area contributed by atoms with Crippen LogP contribution >= 0.6 is 0 Å². The Morgan fingerprint density at radius 1 is 1.18 bits per heavy atom. The Bertz CT molecular complexity index is 1450. The topological polar surface area (TPSA) is 127 Å². The summed E-state index contributed by atoms with van der Waals surface area (Å²) < 4.78 is 7.91. The summed E-state index contributed by atoms with van der Waals surface area (Å²) in [7, 11) is 0. The van der Waals surface area contributed by atoms with E-state index < -0.39 is 18.2 Å². The van der Waals surface area contributed by atoms with Gasteiger partial charge in [-0.3, -0.25) is 4.79 Å². The van der Waals surface area contributed by atoms with E-state index in [1.54, 1.807) is 10.6 Å². The third-order valence-electron chi connectivity index (χ3n) is 8.29. The minimum atomic E-state index is -0.783. The van der Waals surface area contributed by atoms with Crippen LogP contribution in [-0.4, -0.2) is 53.8 Å². The molecule has 0 radical (unpaired) electrons. The Morgan fingerprint density at radius 3 is 2.64 bits per heavy atom. The van der Waals surface area contributed by atoms with Crippen molar-refractivity contribution >= 4 is 17.5 Å². The number of Topliss-reactive ketones (excluding diaryl/α,β-unsaturated/α-hetero) is 1. The Balaban J connectivity index is 1.39. The van der Waals surface area contributed by atoms with Gasteiger partial charge in [0.05, 0.1) is 5.57 Å². The molecular weight excluding hydrogens is 496 g/mol. The zero-order valence-electron chi connectivity index (χ0n) is 22.9. The molecule has 1 fully saturated rings. The summed E-state index contributed by atoms with van der Waals surface area (Å²) in [5.74, 6) is 0.303. The highest BCUT2D eigenvalue weighted by Crippen LogP contribution is 2.46. The average molecular weight is 533 g/mol. The fraction of sp³-hybridized carbons (Fsp3) is 0.500. The molecule has 2 aromatic heterocycles. The maximum absolute atomic E-state index is 13.4. The van der Waals surface area contributed by atoms with Crippen LogP contribution in [-0.2, 0) is 28.8 Å². The maximum Gasteiger partial charge on any atom is 0.338 e. The van der Waals surface area contributed by atoms with Gasteiger partial charge in [-0.05, 0) is 69.1 Å². The first-order valence-electron chi connectivity index (χ1n) is 13.8. The number of ether oxygens (including phenoxy) is 1.